The number of aryl methyl sites for hydroxylation is 2. The molecule has 5 nitrogen and oxygen atoms in total. The van der Waals surface area contributed by atoms with E-state index in [9.17, 15) is 13.2 Å². The van der Waals surface area contributed by atoms with Gasteiger partial charge in [-0.3, -0.25) is 0 Å². The van der Waals surface area contributed by atoms with Gasteiger partial charge < -0.3 is 4.74 Å². The molecule has 0 saturated carbocycles. The number of amides is 1. The maximum Gasteiger partial charge on any atom is 0.424 e. The number of benzene rings is 1. The fraction of sp³-hybridized carbons (Fsp3) is 0.500. The first kappa shape index (κ1) is 20.0. The van der Waals surface area contributed by atoms with Crippen LogP contribution in [0.25, 0.3) is 0 Å². The zero-order chi connectivity index (χ0) is 18.5. The van der Waals surface area contributed by atoms with Gasteiger partial charge in [-0.25, -0.2) is 17.5 Å². The van der Waals surface area contributed by atoms with E-state index >= 15 is 0 Å². The van der Waals surface area contributed by atoms with Crippen LogP contribution in [0.2, 0.25) is 0 Å². The van der Waals surface area contributed by atoms with Crippen LogP contribution in [0, 0.1) is 26.2 Å². The summed E-state index contributed by atoms with van der Waals surface area (Å²) in [5.74, 6) is 2.09. The number of hydrogen-bond donors (Lipinski definition) is 0. The van der Waals surface area contributed by atoms with Gasteiger partial charge in [-0.15, -0.1) is 12.3 Å². The molecule has 6 heteroatoms. The molecule has 0 radical (unpaired) electrons. The molecule has 0 N–H and O–H groups in total. The van der Waals surface area contributed by atoms with Gasteiger partial charge in [0.25, 0.3) is 0 Å². The summed E-state index contributed by atoms with van der Waals surface area (Å²) < 4.78 is 31.5. The van der Waals surface area contributed by atoms with E-state index < -0.39 is 21.7 Å². The number of sulfonamides is 1. The Labute approximate surface area is 145 Å². The average Bonchev–Trinajstić information content (AvgIpc) is 2.41. The van der Waals surface area contributed by atoms with Gasteiger partial charge in [0, 0.05) is 6.42 Å². The fourth-order valence-electron chi connectivity index (χ4n) is 2.16. The smallest absolute Gasteiger partial charge is 0.424 e. The molecule has 1 aromatic rings. The molecule has 0 saturated heterocycles. The normalized spacial score (nSPS) is 11.7. The third-order valence-corrected chi connectivity index (χ3v) is 5.02. The number of carbonyl (C=O) groups is 1. The van der Waals surface area contributed by atoms with Gasteiger partial charge in [0.1, 0.15) is 5.60 Å². The molecule has 0 aromatic heterocycles. The van der Waals surface area contributed by atoms with Gasteiger partial charge in [-0.1, -0.05) is 18.2 Å². The van der Waals surface area contributed by atoms with Crippen molar-refractivity contribution in [1.29, 1.82) is 0 Å². The second-order valence-corrected chi connectivity index (χ2v) is 8.53. The first-order chi connectivity index (χ1) is 11.0. The predicted molar refractivity (Wildman–Crippen MR) is 94.9 cm³/mol. The molecule has 0 heterocycles. The highest BCUT2D eigenvalue weighted by Crippen LogP contribution is 2.21. The van der Waals surface area contributed by atoms with E-state index in [-0.39, 0.29) is 18.7 Å². The minimum absolute atomic E-state index is 0.0985. The molecule has 1 amide bonds. The molecular weight excluding hydrogens is 326 g/mol. The van der Waals surface area contributed by atoms with E-state index in [1.165, 1.54) is 0 Å². The highest BCUT2D eigenvalue weighted by molar-refractivity contribution is 7.88. The monoisotopic (exact) mass is 351 g/mol. The Kier molecular flexibility index (Phi) is 6.44. The van der Waals surface area contributed by atoms with Gasteiger partial charge in [-0.2, -0.15) is 0 Å². The van der Waals surface area contributed by atoms with Gasteiger partial charge in [0.2, 0.25) is 10.0 Å². The number of terminal acetylenes is 1. The van der Waals surface area contributed by atoms with Crippen LogP contribution in [0.4, 0.5) is 4.79 Å². The second-order valence-electron chi connectivity index (χ2n) is 6.63. The number of hydrogen-bond acceptors (Lipinski definition) is 4. The summed E-state index contributed by atoms with van der Waals surface area (Å²) >= 11 is 0. The van der Waals surface area contributed by atoms with Gasteiger partial charge in [-0.05, 0) is 51.3 Å². The number of nitrogens with zero attached hydrogens (tertiary/aromatic N) is 1. The Morgan fingerprint density at radius 1 is 1.25 bits per heavy atom. The van der Waals surface area contributed by atoms with Gasteiger partial charge in [0.15, 0.2) is 0 Å². The van der Waals surface area contributed by atoms with Gasteiger partial charge in [0.05, 0.1) is 12.3 Å². The van der Waals surface area contributed by atoms with Crippen LogP contribution < -0.4 is 0 Å². The first-order valence-electron chi connectivity index (χ1n) is 7.70. The van der Waals surface area contributed by atoms with Crippen molar-refractivity contribution in [1.82, 2.24) is 4.31 Å². The van der Waals surface area contributed by atoms with E-state index in [4.69, 9.17) is 11.2 Å². The van der Waals surface area contributed by atoms with Gasteiger partial charge >= 0.3 is 6.09 Å². The van der Waals surface area contributed by atoms with Crippen molar-refractivity contribution >= 4 is 16.1 Å². The number of ether oxygens (including phenoxy) is 1. The maximum absolute atomic E-state index is 12.8. The molecule has 0 aliphatic carbocycles. The zero-order valence-electron chi connectivity index (χ0n) is 14.9. The predicted octanol–water partition coefficient (Wildman–Crippen LogP) is 3.39. The summed E-state index contributed by atoms with van der Waals surface area (Å²) in [7, 11) is -3.90. The molecular formula is C18H25NO4S. The molecule has 132 valence electrons. The quantitative estimate of drug-likeness (QED) is 0.763. The van der Waals surface area contributed by atoms with Crippen LogP contribution in [0.15, 0.2) is 18.2 Å². The Bertz CT molecular complexity index is 719. The molecule has 24 heavy (non-hydrogen) atoms. The molecule has 0 atom stereocenters. The van der Waals surface area contributed by atoms with Crippen molar-refractivity contribution in [3.05, 3.63) is 34.9 Å². The van der Waals surface area contributed by atoms with E-state index in [2.05, 4.69) is 5.92 Å². The summed E-state index contributed by atoms with van der Waals surface area (Å²) in [5, 5.41) is 0. The van der Waals surface area contributed by atoms with Crippen molar-refractivity contribution in [3.8, 4) is 12.3 Å². The molecule has 0 aliphatic rings. The third-order valence-electron chi connectivity index (χ3n) is 3.36. The third kappa shape index (κ3) is 5.57. The first-order valence-corrected chi connectivity index (χ1v) is 9.31. The number of carbonyl (C=O) groups excluding carboxylic acids is 1. The standard InChI is InChI=1S/C18H25NO4S/c1-7-8-12-19(17(20)23-18(4,5)6)24(21,22)13-16-14(2)10-9-11-15(16)3/h1,9-11H,8,12-13H2,2-6H3. The lowest BCUT2D eigenvalue weighted by atomic mass is 10.1. The summed E-state index contributed by atoms with van der Waals surface area (Å²) in [5.41, 5.74) is 1.62. The Hall–Kier alpha value is -2.00. The minimum Gasteiger partial charge on any atom is -0.443 e. The summed E-state index contributed by atoms with van der Waals surface area (Å²) in [6, 6.07) is 5.55. The van der Waals surface area contributed by atoms with Crippen LogP contribution >= 0.6 is 0 Å². The molecule has 0 fully saturated rings. The maximum atomic E-state index is 12.8. The Balaban J connectivity index is 3.16. The van der Waals surface area contributed by atoms with Crippen LogP contribution in [-0.2, 0) is 20.5 Å². The van der Waals surface area contributed by atoms with Crippen molar-refractivity contribution in [2.45, 2.75) is 52.4 Å². The van der Waals surface area contributed by atoms with E-state index in [0.29, 0.717) is 5.56 Å². The number of rotatable bonds is 5. The molecule has 1 rings (SSSR count). The fourth-order valence-corrected chi connectivity index (χ4v) is 3.77. The van der Waals surface area contributed by atoms with Crippen LogP contribution in [0.1, 0.15) is 43.9 Å². The summed E-state index contributed by atoms with van der Waals surface area (Å²) in [6.07, 6.45) is 4.46. The summed E-state index contributed by atoms with van der Waals surface area (Å²) in [6.45, 7) is 8.64. The highest BCUT2D eigenvalue weighted by Gasteiger charge is 2.32. The van der Waals surface area contributed by atoms with Crippen molar-refractivity contribution < 1.29 is 17.9 Å². The minimum atomic E-state index is -3.90. The lowest BCUT2D eigenvalue weighted by Crippen LogP contribution is -2.42. The van der Waals surface area contributed by atoms with E-state index in [0.717, 1.165) is 15.4 Å². The average molecular weight is 351 g/mol. The van der Waals surface area contributed by atoms with E-state index in [1.54, 1.807) is 20.8 Å². The zero-order valence-corrected chi connectivity index (χ0v) is 15.7. The lowest BCUT2D eigenvalue weighted by molar-refractivity contribution is 0.0393. The van der Waals surface area contributed by atoms with E-state index in [1.807, 2.05) is 32.0 Å². The molecule has 0 unspecified atom stereocenters. The molecule has 0 aliphatic heterocycles. The summed E-state index contributed by atoms with van der Waals surface area (Å²) in [4.78, 5) is 12.3. The van der Waals surface area contributed by atoms with Crippen molar-refractivity contribution in [2.24, 2.45) is 0 Å². The van der Waals surface area contributed by atoms with Crippen molar-refractivity contribution in [2.75, 3.05) is 6.54 Å². The molecule has 0 spiro atoms. The largest absolute Gasteiger partial charge is 0.443 e. The van der Waals surface area contributed by atoms with Crippen LogP contribution in [0.3, 0.4) is 0 Å². The lowest BCUT2D eigenvalue weighted by Gasteiger charge is -2.27. The molecule has 1 aromatic carbocycles. The second kappa shape index (κ2) is 7.71. The van der Waals surface area contributed by atoms with Crippen molar-refractivity contribution in [3.63, 3.8) is 0 Å². The Morgan fingerprint density at radius 3 is 2.25 bits per heavy atom. The Morgan fingerprint density at radius 2 is 1.79 bits per heavy atom. The topological polar surface area (TPSA) is 63.7 Å². The highest BCUT2D eigenvalue weighted by atomic mass is 32.2. The van der Waals surface area contributed by atoms with Crippen LogP contribution in [0.5, 0.6) is 0 Å². The molecule has 0 bridgehead atoms. The van der Waals surface area contributed by atoms with Crippen LogP contribution in [-0.4, -0.2) is 31.0 Å². The SMILES string of the molecule is C#CCCN(C(=O)OC(C)(C)C)S(=O)(=O)Cc1c(C)cccc1C.